The zero-order valence-electron chi connectivity index (χ0n) is 29.0. The fourth-order valence-electron chi connectivity index (χ4n) is 6.45. The van der Waals surface area contributed by atoms with E-state index < -0.39 is 47.5 Å². The highest BCUT2D eigenvalue weighted by atomic mass is 16.6. The number of ketones is 1. The van der Waals surface area contributed by atoms with E-state index in [0.29, 0.717) is 19.4 Å². The van der Waals surface area contributed by atoms with Gasteiger partial charge in [-0.3, -0.25) is 19.2 Å². The van der Waals surface area contributed by atoms with Crippen LogP contribution in [0.3, 0.4) is 0 Å². The third kappa shape index (κ3) is 11.4. The Labute approximate surface area is 288 Å². The summed E-state index contributed by atoms with van der Waals surface area (Å²) in [6, 6.07) is 14.6. The molecule has 2 aromatic carbocycles. The van der Waals surface area contributed by atoms with Gasteiger partial charge in [-0.15, -0.1) is 0 Å². The molecule has 4 rings (SSSR count). The highest BCUT2D eigenvalue weighted by Crippen LogP contribution is 2.31. The highest BCUT2D eigenvalue weighted by molar-refractivity contribution is 5.98. The third-order valence-electron chi connectivity index (χ3n) is 9.45. The van der Waals surface area contributed by atoms with Crippen LogP contribution in [0, 0.1) is 11.8 Å². The van der Waals surface area contributed by atoms with Gasteiger partial charge in [0.05, 0.1) is 18.8 Å². The summed E-state index contributed by atoms with van der Waals surface area (Å²) in [4.78, 5) is 58.0. The Balaban J connectivity index is 1.57. The van der Waals surface area contributed by atoms with Crippen LogP contribution in [0.4, 0.5) is 0 Å². The SMILES string of the molecule is COC1CCC(C[C@H](NC(=O)C(Cc2ccccc2)N=[N+]=[N-])C(=O)N[C@@H](Cc2ccccc2)C(=O)N[C@@H](CC(C)C)C(=O)[C@@]2(C)CO2)CC1. The molecular formula is C37H50N6O6. The molecule has 1 heterocycles. The maximum absolute atomic E-state index is 14.2. The molecule has 12 nitrogen and oxygen atoms in total. The number of benzene rings is 2. The second kappa shape index (κ2) is 17.9. The second-order valence-electron chi connectivity index (χ2n) is 13.9. The Hall–Kier alpha value is -4.25. The Morgan fingerprint density at radius 1 is 0.857 bits per heavy atom. The Morgan fingerprint density at radius 3 is 1.92 bits per heavy atom. The predicted octanol–water partition coefficient (Wildman–Crippen LogP) is 4.60. The van der Waals surface area contributed by atoms with Crippen molar-refractivity contribution in [3.8, 4) is 0 Å². The molecule has 49 heavy (non-hydrogen) atoms. The Bertz CT molecular complexity index is 1450. The fourth-order valence-corrected chi connectivity index (χ4v) is 6.45. The molecule has 1 aliphatic heterocycles. The van der Waals surface area contributed by atoms with Crippen molar-refractivity contribution in [3.63, 3.8) is 0 Å². The zero-order chi connectivity index (χ0) is 35.4. The van der Waals surface area contributed by atoms with Crippen LogP contribution in [-0.2, 0) is 41.5 Å². The van der Waals surface area contributed by atoms with Gasteiger partial charge in [0.2, 0.25) is 17.7 Å². The van der Waals surface area contributed by atoms with E-state index in [1.54, 1.807) is 14.0 Å². The maximum Gasteiger partial charge on any atom is 0.243 e. The first-order valence-electron chi connectivity index (χ1n) is 17.3. The number of methoxy groups -OCH3 is 1. The number of amides is 3. The van der Waals surface area contributed by atoms with Crippen LogP contribution in [0.15, 0.2) is 65.8 Å². The van der Waals surface area contributed by atoms with Crippen molar-refractivity contribution < 1.29 is 28.7 Å². The first-order valence-corrected chi connectivity index (χ1v) is 17.3. The topological polar surface area (TPSA) is 175 Å². The summed E-state index contributed by atoms with van der Waals surface area (Å²) in [5.41, 5.74) is 9.97. The molecule has 1 aliphatic carbocycles. The molecule has 0 bridgehead atoms. The van der Waals surface area contributed by atoms with Gasteiger partial charge in [-0.2, -0.15) is 0 Å². The highest BCUT2D eigenvalue weighted by Gasteiger charge is 2.50. The van der Waals surface area contributed by atoms with E-state index in [-0.39, 0.29) is 36.6 Å². The van der Waals surface area contributed by atoms with Crippen molar-refractivity contribution in [1.82, 2.24) is 16.0 Å². The summed E-state index contributed by atoms with van der Waals surface area (Å²) < 4.78 is 10.9. The van der Waals surface area contributed by atoms with Crippen molar-refractivity contribution >= 4 is 23.5 Å². The van der Waals surface area contributed by atoms with Crippen LogP contribution in [0.5, 0.6) is 0 Å². The maximum atomic E-state index is 14.2. The van der Waals surface area contributed by atoms with Crippen LogP contribution in [-0.4, -0.2) is 73.1 Å². The van der Waals surface area contributed by atoms with Gasteiger partial charge in [0, 0.05) is 18.4 Å². The molecule has 0 aromatic heterocycles. The summed E-state index contributed by atoms with van der Waals surface area (Å²) in [5.74, 6) is -1.55. The smallest absolute Gasteiger partial charge is 0.243 e. The number of epoxide rings is 1. The van der Waals surface area contributed by atoms with E-state index in [9.17, 15) is 24.7 Å². The van der Waals surface area contributed by atoms with Crippen molar-refractivity contribution in [2.45, 2.75) is 108 Å². The molecule has 2 aromatic rings. The lowest BCUT2D eigenvalue weighted by atomic mass is 9.83. The molecule has 264 valence electrons. The minimum Gasteiger partial charge on any atom is -0.381 e. The number of nitrogens with one attached hydrogen (secondary N) is 3. The van der Waals surface area contributed by atoms with Crippen molar-refractivity contribution in [1.29, 1.82) is 0 Å². The first kappa shape index (κ1) is 37.6. The van der Waals surface area contributed by atoms with E-state index in [2.05, 4.69) is 26.0 Å². The Kier molecular flexibility index (Phi) is 13.8. The third-order valence-corrected chi connectivity index (χ3v) is 9.45. The molecule has 0 spiro atoms. The molecule has 1 saturated carbocycles. The van der Waals surface area contributed by atoms with Gasteiger partial charge in [0.15, 0.2) is 5.78 Å². The van der Waals surface area contributed by atoms with Gasteiger partial charge in [0.25, 0.3) is 0 Å². The van der Waals surface area contributed by atoms with Crippen molar-refractivity contribution in [2.75, 3.05) is 13.7 Å². The van der Waals surface area contributed by atoms with Crippen LogP contribution < -0.4 is 16.0 Å². The molecule has 12 heteroatoms. The molecule has 2 fully saturated rings. The number of carbonyl (C=O) groups is 4. The largest absolute Gasteiger partial charge is 0.381 e. The van der Waals surface area contributed by atoms with Crippen LogP contribution in [0.1, 0.15) is 70.4 Å². The van der Waals surface area contributed by atoms with E-state index in [1.807, 2.05) is 74.5 Å². The van der Waals surface area contributed by atoms with Crippen LogP contribution in [0.25, 0.3) is 10.4 Å². The van der Waals surface area contributed by atoms with E-state index in [0.717, 1.165) is 36.8 Å². The normalized spacial score (nSPS) is 22.5. The second-order valence-corrected chi connectivity index (χ2v) is 13.9. The quantitative estimate of drug-likeness (QED) is 0.0901. The summed E-state index contributed by atoms with van der Waals surface area (Å²) >= 11 is 0. The number of hydrogen-bond acceptors (Lipinski definition) is 7. The monoisotopic (exact) mass is 674 g/mol. The molecule has 1 saturated heterocycles. The minimum atomic E-state index is -1.08. The average molecular weight is 675 g/mol. The number of nitrogens with zero attached hydrogens (tertiary/aromatic N) is 3. The fraction of sp³-hybridized carbons (Fsp3) is 0.568. The van der Waals surface area contributed by atoms with Crippen molar-refractivity contribution in [3.05, 3.63) is 82.2 Å². The van der Waals surface area contributed by atoms with E-state index in [4.69, 9.17) is 9.47 Å². The predicted molar refractivity (Wildman–Crippen MR) is 185 cm³/mol. The van der Waals surface area contributed by atoms with E-state index >= 15 is 0 Å². The molecule has 3 N–H and O–H groups in total. The van der Waals surface area contributed by atoms with Gasteiger partial charge in [-0.25, -0.2) is 0 Å². The van der Waals surface area contributed by atoms with Gasteiger partial charge in [-0.1, -0.05) is 79.6 Å². The van der Waals surface area contributed by atoms with Crippen LogP contribution >= 0.6 is 0 Å². The van der Waals surface area contributed by atoms with Gasteiger partial charge < -0.3 is 25.4 Å². The zero-order valence-corrected chi connectivity index (χ0v) is 29.0. The first-order chi connectivity index (χ1) is 23.5. The molecule has 0 radical (unpaired) electrons. The molecular weight excluding hydrogens is 624 g/mol. The van der Waals surface area contributed by atoms with E-state index in [1.165, 1.54) is 0 Å². The summed E-state index contributed by atoms with van der Waals surface area (Å²) in [6.45, 7) is 5.96. The average Bonchev–Trinajstić information content (AvgIpc) is 3.85. The van der Waals surface area contributed by atoms with Gasteiger partial charge >= 0.3 is 0 Å². The van der Waals surface area contributed by atoms with Gasteiger partial charge in [0.1, 0.15) is 23.7 Å². The van der Waals surface area contributed by atoms with Crippen molar-refractivity contribution in [2.24, 2.45) is 17.0 Å². The number of azide groups is 1. The minimum absolute atomic E-state index is 0.117. The summed E-state index contributed by atoms with van der Waals surface area (Å²) in [6.07, 6.45) is 4.55. The molecule has 5 atom stereocenters. The standard InChI is InChI=1S/C37H50N6O6/c1-24(2)19-29(33(44)37(3)23-49-37)39-34(45)30(20-25-11-7-5-8-12-25)40-35(46)31(21-27-15-17-28(48-4)18-16-27)41-36(47)32(42-43-38)22-26-13-9-6-10-14-26/h5-14,24,27-32H,15-23H2,1-4H3,(H,39,45)(H,40,46)(H,41,47)/t27?,28?,29-,30-,31-,32?,37+/m0/s1. The molecule has 1 unspecified atom stereocenters. The van der Waals surface area contributed by atoms with Gasteiger partial charge in [-0.05, 0) is 80.4 Å². The Morgan fingerprint density at radius 2 is 1.39 bits per heavy atom. The number of Topliss-reactive ketones (excluding diaryl/α,β-unsaturated/α-hetero) is 1. The lowest BCUT2D eigenvalue weighted by molar-refractivity contribution is -0.134. The number of carbonyl (C=O) groups excluding carboxylic acids is 4. The number of ether oxygens (including phenoxy) is 2. The summed E-state index contributed by atoms with van der Waals surface area (Å²) in [7, 11) is 1.69. The summed E-state index contributed by atoms with van der Waals surface area (Å²) in [5, 5.41) is 12.5. The molecule has 3 amide bonds. The molecule has 2 aliphatic rings. The lowest BCUT2D eigenvalue weighted by Crippen LogP contribution is -2.58. The lowest BCUT2D eigenvalue weighted by Gasteiger charge is -2.31. The number of rotatable bonds is 18. The number of hydrogen-bond donors (Lipinski definition) is 3. The van der Waals surface area contributed by atoms with Crippen LogP contribution in [0.2, 0.25) is 0 Å².